The Morgan fingerprint density at radius 2 is 1.81 bits per heavy atom. The van der Waals surface area contributed by atoms with Crippen molar-refractivity contribution in [3.05, 3.63) is 39.9 Å². The van der Waals surface area contributed by atoms with Crippen molar-refractivity contribution in [1.82, 2.24) is 0 Å². The summed E-state index contributed by atoms with van der Waals surface area (Å²) in [5.41, 5.74) is 0.637. The number of rotatable bonds is 6. The van der Waals surface area contributed by atoms with Crippen LogP contribution in [-0.2, 0) is 4.79 Å². The number of aliphatic carboxylic acids is 1. The predicted molar refractivity (Wildman–Crippen MR) is 87.7 cm³/mol. The average molecular weight is 351 g/mol. The molecule has 0 unspecified atom stereocenters. The van der Waals surface area contributed by atoms with Crippen LogP contribution in [0.25, 0.3) is 0 Å². The molecule has 0 radical (unpaired) electrons. The SMILES string of the molecule is C=C(CC)C(=O)c1ccc(OCC(=O)O)c(Cl)c1Cl.[NaH].[NaH]. The van der Waals surface area contributed by atoms with Gasteiger partial charge in [0.05, 0.1) is 5.02 Å². The second-order valence-corrected chi connectivity index (χ2v) is 4.46. The molecule has 0 aliphatic rings. The van der Waals surface area contributed by atoms with Crippen molar-refractivity contribution in [3.8, 4) is 5.75 Å². The van der Waals surface area contributed by atoms with Gasteiger partial charge in [0.1, 0.15) is 10.8 Å². The van der Waals surface area contributed by atoms with Crippen molar-refractivity contribution in [1.29, 1.82) is 0 Å². The van der Waals surface area contributed by atoms with Gasteiger partial charge in [-0.15, -0.1) is 0 Å². The number of carbonyl (C=O) groups is 2. The van der Waals surface area contributed by atoms with Gasteiger partial charge in [0, 0.05) is 5.56 Å². The van der Waals surface area contributed by atoms with Gasteiger partial charge in [0.25, 0.3) is 0 Å². The van der Waals surface area contributed by atoms with Crippen molar-refractivity contribution >= 4 is 94.1 Å². The number of ether oxygens (including phenoxy) is 1. The van der Waals surface area contributed by atoms with E-state index in [1.54, 1.807) is 6.92 Å². The summed E-state index contributed by atoms with van der Waals surface area (Å²) in [6.45, 7) is 4.91. The molecule has 0 fully saturated rings. The molecule has 8 heteroatoms. The molecule has 0 aromatic heterocycles. The second-order valence-electron chi connectivity index (χ2n) is 3.71. The molecule has 0 aliphatic carbocycles. The monoisotopic (exact) mass is 350 g/mol. The normalized spacial score (nSPS) is 9.10. The van der Waals surface area contributed by atoms with Crippen LogP contribution < -0.4 is 4.74 Å². The van der Waals surface area contributed by atoms with Crippen LogP contribution in [0, 0.1) is 0 Å². The summed E-state index contributed by atoms with van der Waals surface area (Å²) < 4.78 is 4.95. The average Bonchev–Trinajstić information content (AvgIpc) is 2.38. The molecule has 1 aromatic rings. The Morgan fingerprint density at radius 1 is 1.24 bits per heavy atom. The van der Waals surface area contributed by atoms with E-state index in [0.29, 0.717) is 12.0 Å². The fourth-order valence-corrected chi connectivity index (χ4v) is 1.77. The Labute approximate surface area is 177 Å². The molecular formula is C13H14Cl2Na2O4. The van der Waals surface area contributed by atoms with E-state index in [2.05, 4.69) is 6.58 Å². The summed E-state index contributed by atoms with van der Waals surface area (Å²) in [5.74, 6) is -1.31. The van der Waals surface area contributed by atoms with E-state index >= 15 is 0 Å². The van der Waals surface area contributed by atoms with Crippen molar-refractivity contribution < 1.29 is 19.4 Å². The summed E-state index contributed by atoms with van der Waals surface area (Å²) >= 11 is 11.9. The molecule has 21 heavy (non-hydrogen) atoms. The quantitative estimate of drug-likeness (QED) is 0.485. The fraction of sp³-hybridized carbons (Fsp3) is 0.231. The molecule has 0 spiro atoms. The van der Waals surface area contributed by atoms with Gasteiger partial charge < -0.3 is 9.84 Å². The number of hydrogen-bond donors (Lipinski definition) is 1. The van der Waals surface area contributed by atoms with Gasteiger partial charge in [-0.2, -0.15) is 0 Å². The van der Waals surface area contributed by atoms with E-state index < -0.39 is 12.6 Å². The van der Waals surface area contributed by atoms with Crippen molar-refractivity contribution in [2.45, 2.75) is 13.3 Å². The molecule has 4 nitrogen and oxygen atoms in total. The Morgan fingerprint density at radius 3 is 2.29 bits per heavy atom. The summed E-state index contributed by atoms with van der Waals surface area (Å²) in [4.78, 5) is 22.4. The number of carboxylic acid groups (broad SMARTS) is 1. The van der Waals surface area contributed by atoms with Gasteiger partial charge in [-0.1, -0.05) is 36.7 Å². The van der Waals surface area contributed by atoms with Crippen LogP contribution in [-0.4, -0.2) is 82.6 Å². The summed E-state index contributed by atoms with van der Waals surface area (Å²) in [6, 6.07) is 2.85. The minimum atomic E-state index is -1.13. The maximum atomic E-state index is 11.9. The first-order valence-corrected chi connectivity index (χ1v) is 6.19. The van der Waals surface area contributed by atoms with Gasteiger partial charge in [-0.25, -0.2) is 4.79 Å². The van der Waals surface area contributed by atoms with Crippen LogP contribution in [0.3, 0.4) is 0 Å². The zero-order chi connectivity index (χ0) is 14.6. The molecule has 1 aromatic carbocycles. The summed E-state index contributed by atoms with van der Waals surface area (Å²) in [6.07, 6.45) is 0.504. The molecular weight excluding hydrogens is 337 g/mol. The third-order valence-electron chi connectivity index (χ3n) is 2.39. The topological polar surface area (TPSA) is 63.6 Å². The summed E-state index contributed by atoms with van der Waals surface area (Å²) in [5, 5.41) is 8.56. The molecule has 0 heterocycles. The van der Waals surface area contributed by atoms with Gasteiger partial charge in [-0.05, 0) is 24.1 Å². The molecule has 0 amide bonds. The Hall–Kier alpha value is 0.480. The zero-order valence-corrected chi connectivity index (χ0v) is 11.7. The van der Waals surface area contributed by atoms with Crippen molar-refractivity contribution in [3.63, 3.8) is 0 Å². The first-order chi connectivity index (χ1) is 8.88. The predicted octanol–water partition coefficient (Wildman–Crippen LogP) is 2.31. The number of ketones is 1. The van der Waals surface area contributed by atoms with E-state index in [1.165, 1.54) is 12.1 Å². The van der Waals surface area contributed by atoms with Crippen molar-refractivity contribution in [2.24, 2.45) is 0 Å². The molecule has 0 saturated heterocycles. The molecule has 0 saturated carbocycles. The number of allylic oxidation sites excluding steroid dienone is 1. The van der Waals surface area contributed by atoms with Crippen molar-refractivity contribution in [2.75, 3.05) is 6.61 Å². The number of carboxylic acids is 1. The maximum absolute atomic E-state index is 11.9. The van der Waals surface area contributed by atoms with Crippen LogP contribution in [0.15, 0.2) is 24.3 Å². The zero-order valence-electron chi connectivity index (χ0n) is 10.2. The van der Waals surface area contributed by atoms with E-state index in [-0.39, 0.29) is 86.3 Å². The van der Waals surface area contributed by atoms with E-state index in [0.717, 1.165) is 0 Å². The Balaban J connectivity index is 0. The van der Waals surface area contributed by atoms with Gasteiger partial charge in [0.15, 0.2) is 12.4 Å². The molecule has 1 N–H and O–H groups in total. The van der Waals surface area contributed by atoms with Crippen LogP contribution in [0.5, 0.6) is 5.75 Å². The van der Waals surface area contributed by atoms with Crippen LogP contribution >= 0.6 is 23.2 Å². The first kappa shape index (κ1) is 23.7. The van der Waals surface area contributed by atoms with E-state index in [1.807, 2.05) is 0 Å². The number of Topliss-reactive ketones (excluding diaryl/α,β-unsaturated/α-hetero) is 1. The number of benzene rings is 1. The minimum absolute atomic E-state index is 0. The molecule has 0 atom stereocenters. The number of hydrogen-bond acceptors (Lipinski definition) is 3. The second kappa shape index (κ2) is 11.1. The van der Waals surface area contributed by atoms with E-state index in [9.17, 15) is 9.59 Å². The van der Waals surface area contributed by atoms with Crippen LogP contribution in [0.2, 0.25) is 10.0 Å². The molecule has 1 rings (SSSR count). The van der Waals surface area contributed by atoms with Crippen LogP contribution in [0.1, 0.15) is 23.7 Å². The summed E-state index contributed by atoms with van der Waals surface area (Å²) in [7, 11) is 0. The molecule has 0 aliphatic heterocycles. The van der Waals surface area contributed by atoms with Gasteiger partial charge in [-0.3, -0.25) is 4.79 Å². The first-order valence-electron chi connectivity index (χ1n) is 5.43. The number of halogens is 2. The fourth-order valence-electron chi connectivity index (χ4n) is 1.31. The third kappa shape index (κ3) is 6.63. The number of carbonyl (C=O) groups excluding carboxylic acids is 1. The third-order valence-corrected chi connectivity index (χ3v) is 3.26. The Bertz CT molecular complexity index is 547. The van der Waals surface area contributed by atoms with Gasteiger partial charge >= 0.3 is 65.1 Å². The molecule has 0 bridgehead atoms. The van der Waals surface area contributed by atoms with Gasteiger partial charge in [0.2, 0.25) is 0 Å². The standard InChI is InChI=1S/C13H12Cl2O4.2Na.2H/c1-3-7(2)13(18)8-4-5-9(12(15)11(8)14)19-6-10(16)17;;;;/h4-5H,2-3,6H2,1H3,(H,16,17);;;;. The van der Waals surface area contributed by atoms with E-state index in [4.69, 9.17) is 33.0 Å². The van der Waals surface area contributed by atoms with Crippen LogP contribution in [0.4, 0.5) is 0 Å². The molecule has 106 valence electrons. The Kier molecular flexibility index (Phi) is 12.5.